The van der Waals surface area contributed by atoms with Gasteiger partial charge in [-0.1, -0.05) is 26.0 Å². The molecule has 0 aliphatic heterocycles. The van der Waals surface area contributed by atoms with E-state index in [1.165, 1.54) is 6.92 Å². The molecule has 6 nitrogen and oxygen atoms in total. The van der Waals surface area contributed by atoms with Gasteiger partial charge in [0, 0.05) is 23.7 Å². The van der Waals surface area contributed by atoms with Gasteiger partial charge in [-0.25, -0.2) is 0 Å². The molecule has 0 atom stereocenters. The van der Waals surface area contributed by atoms with E-state index in [-0.39, 0.29) is 16.9 Å². The van der Waals surface area contributed by atoms with Crippen LogP contribution in [0.3, 0.4) is 0 Å². The lowest BCUT2D eigenvalue weighted by Gasteiger charge is -2.24. The maximum atomic E-state index is 12.7. The van der Waals surface area contributed by atoms with E-state index in [1.807, 2.05) is 39.8 Å². The van der Waals surface area contributed by atoms with Crippen LogP contribution >= 0.6 is 12.2 Å². The van der Waals surface area contributed by atoms with Crippen LogP contribution in [0.2, 0.25) is 0 Å². The topological polar surface area (TPSA) is 79.5 Å². The molecule has 0 spiro atoms. The van der Waals surface area contributed by atoms with E-state index in [2.05, 4.69) is 22.0 Å². The van der Waals surface area contributed by atoms with Gasteiger partial charge in [-0.05, 0) is 80.4 Å². The maximum absolute atomic E-state index is 12.7. The van der Waals surface area contributed by atoms with E-state index < -0.39 is 5.41 Å². The normalized spacial score (nSPS) is 10.9. The molecule has 2 rings (SSSR count). The van der Waals surface area contributed by atoms with Crippen molar-refractivity contribution in [3.8, 4) is 5.75 Å². The number of benzene rings is 2. The molecule has 31 heavy (non-hydrogen) atoms. The fraction of sp³-hybridized carbons (Fsp3) is 0.375. The number of rotatable bonds is 8. The van der Waals surface area contributed by atoms with E-state index in [1.54, 1.807) is 24.3 Å². The highest BCUT2D eigenvalue weighted by molar-refractivity contribution is 7.80. The van der Waals surface area contributed by atoms with Gasteiger partial charge in [0.05, 0.1) is 6.61 Å². The maximum Gasteiger partial charge on any atom is 0.231 e. The van der Waals surface area contributed by atoms with Crippen molar-refractivity contribution in [3.63, 3.8) is 0 Å². The minimum absolute atomic E-state index is 0.134. The molecule has 2 aromatic carbocycles. The molecule has 166 valence electrons. The van der Waals surface area contributed by atoms with Crippen LogP contribution in [-0.2, 0) is 9.59 Å². The highest BCUT2D eigenvalue weighted by Gasteiger charge is 2.27. The van der Waals surface area contributed by atoms with Gasteiger partial charge in [0.15, 0.2) is 5.11 Å². The van der Waals surface area contributed by atoms with Gasteiger partial charge in [-0.2, -0.15) is 0 Å². The molecule has 0 aliphatic carbocycles. The summed E-state index contributed by atoms with van der Waals surface area (Å²) in [4.78, 5) is 23.8. The molecular weight excluding hydrogens is 410 g/mol. The van der Waals surface area contributed by atoms with Gasteiger partial charge in [0.25, 0.3) is 0 Å². The summed E-state index contributed by atoms with van der Waals surface area (Å²) in [6, 6.07) is 13.2. The second-order valence-electron chi connectivity index (χ2n) is 8.27. The van der Waals surface area contributed by atoms with Crippen molar-refractivity contribution in [1.29, 1.82) is 0 Å². The Morgan fingerprint density at radius 1 is 1.00 bits per heavy atom. The Morgan fingerprint density at radius 2 is 1.61 bits per heavy atom. The van der Waals surface area contributed by atoms with Crippen LogP contribution in [0.1, 0.15) is 44.7 Å². The van der Waals surface area contributed by atoms with Crippen LogP contribution in [0, 0.1) is 19.3 Å². The smallest absolute Gasteiger partial charge is 0.231 e. The first-order valence-corrected chi connectivity index (χ1v) is 10.7. The number of ether oxygens (including phenoxy) is 1. The van der Waals surface area contributed by atoms with Crippen LogP contribution in [0.25, 0.3) is 0 Å². The molecule has 0 saturated carbocycles. The van der Waals surface area contributed by atoms with Crippen molar-refractivity contribution < 1.29 is 14.3 Å². The van der Waals surface area contributed by atoms with Gasteiger partial charge in [-0.15, -0.1) is 0 Å². The number of carbonyl (C=O) groups is 2. The number of amides is 2. The largest absolute Gasteiger partial charge is 0.493 e. The average molecular weight is 442 g/mol. The third kappa shape index (κ3) is 8.02. The van der Waals surface area contributed by atoms with Crippen LogP contribution in [0.15, 0.2) is 42.5 Å². The molecule has 0 heterocycles. The summed E-state index contributed by atoms with van der Waals surface area (Å²) in [7, 11) is 0. The van der Waals surface area contributed by atoms with Gasteiger partial charge < -0.3 is 20.7 Å². The first kappa shape index (κ1) is 24.3. The van der Waals surface area contributed by atoms with E-state index in [4.69, 9.17) is 17.0 Å². The summed E-state index contributed by atoms with van der Waals surface area (Å²) in [5, 5.41) is 8.68. The first-order valence-electron chi connectivity index (χ1n) is 10.3. The van der Waals surface area contributed by atoms with Crippen molar-refractivity contribution in [2.75, 3.05) is 17.2 Å². The summed E-state index contributed by atoms with van der Waals surface area (Å²) >= 11 is 5.27. The van der Waals surface area contributed by atoms with Crippen molar-refractivity contribution in [1.82, 2.24) is 5.32 Å². The number of carbonyl (C=O) groups excluding carboxylic acids is 2. The fourth-order valence-corrected chi connectivity index (χ4v) is 3.16. The molecule has 0 aromatic heterocycles. The predicted molar refractivity (Wildman–Crippen MR) is 130 cm³/mol. The minimum Gasteiger partial charge on any atom is -0.493 e. The molecule has 3 N–H and O–H groups in total. The SMILES string of the molecule is CC(=O)Nc1ccc(NC(=S)NC(=O)C(C)(C)CCCOc2cc(C)ccc2C)cc1. The fourth-order valence-electron chi connectivity index (χ4n) is 2.95. The average Bonchev–Trinajstić information content (AvgIpc) is 2.68. The number of aryl methyl sites for hydroxylation is 2. The minimum atomic E-state index is -0.591. The van der Waals surface area contributed by atoms with Crippen LogP contribution in [0.5, 0.6) is 5.75 Å². The third-order valence-corrected chi connectivity index (χ3v) is 5.06. The summed E-state index contributed by atoms with van der Waals surface area (Å²) in [6.45, 7) is 9.84. The molecule has 0 unspecified atom stereocenters. The number of anilines is 2. The number of hydrogen-bond acceptors (Lipinski definition) is 4. The highest BCUT2D eigenvalue weighted by Crippen LogP contribution is 2.24. The lowest BCUT2D eigenvalue weighted by atomic mass is 9.87. The molecule has 0 saturated heterocycles. The molecule has 2 aromatic rings. The Kier molecular flexibility index (Phi) is 8.56. The van der Waals surface area contributed by atoms with E-state index >= 15 is 0 Å². The molecule has 0 aliphatic rings. The van der Waals surface area contributed by atoms with E-state index in [0.717, 1.165) is 29.0 Å². The van der Waals surface area contributed by atoms with Crippen LogP contribution < -0.4 is 20.7 Å². The second kappa shape index (κ2) is 10.9. The zero-order valence-electron chi connectivity index (χ0n) is 18.8. The van der Waals surface area contributed by atoms with Crippen molar-refractivity contribution in [2.24, 2.45) is 5.41 Å². The molecular formula is C24H31N3O3S. The summed E-state index contributed by atoms with van der Waals surface area (Å²) in [6.07, 6.45) is 1.41. The number of thiocarbonyl (C=S) groups is 1. The lowest BCUT2D eigenvalue weighted by molar-refractivity contribution is -0.128. The third-order valence-electron chi connectivity index (χ3n) is 4.85. The van der Waals surface area contributed by atoms with Crippen molar-refractivity contribution >= 4 is 40.5 Å². The Morgan fingerprint density at radius 3 is 2.23 bits per heavy atom. The molecule has 7 heteroatoms. The summed E-state index contributed by atoms with van der Waals surface area (Å²) < 4.78 is 5.89. The molecule has 2 amide bonds. The number of nitrogens with one attached hydrogen (secondary N) is 3. The first-order chi connectivity index (χ1) is 14.6. The summed E-state index contributed by atoms with van der Waals surface area (Å²) in [5.74, 6) is 0.605. The Balaban J connectivity index is 1.79. The summed E-state index contributed by atoms with van der Waals surface area (Å²) in [5.41, 5.74) is 3.08. The standard InChI is InChI=1S/C24H31N3O3S/c1-16-7-8-17(2)21(15-16)30-14-6-13-24(4,5)22(29)27-23(31)26-20-11-9-19(10-12-20)25-18(3)28/h7-12,15H,6,13-14H2,1-5H3,(H,25,28)(H2,26,27,29,31). The Hall–Kier alpha value is -2.93. The second-order valence-corrected chi connectivity index (χ2v) is 8.68. The molecule has 0 fully saturated rings. The van der Waals surface area contributed by atoms with Gasteiger partial charge >= 0.3 is 0 Å². The van der Waals surface area contributed by atoms with E-state index in [9.17, 15) is 9.59 Å². The Labute approximate surface area is 189 Å². The van der Waals surface area contributed by atoms with Gasteiger partial charge in [-0.3, -0.25) is 9.59 Å². The number of hydrogen-bond donors (Lipinski definition) is 3. The highest BCUT2D eigenvalue weighted by atomic mass is 32.1. The van der Waals surface area contributed by atoms with E-state index in [0.29, 0.717) is 18.7 Å². The van der Waals surface area contributed by atoms with Crippen LogP contribution in [0.4, 0.5) is 11.4 Å². The van der Waals surface area contributed by atoms with Crippen LogP contribution in [-0.4, -0.2) is 23.5 Å². The molecule has 0 radical (unpaired) electrons. The zero-order chi connectivity index (χ0) is 23.0. The Bertz CT molecular complexity index is 940. The molecule has 0 bridgehead atoms. The zero-order valence-corrected chi connectivity index (χ0v) is 19.6. The van der Waals surface area contributed by atoms with Gasteiger partial charge in [0.2, 0.25) is 11.8 Å². The van der Waals surface area contributed by atoms with Gasteiger partial charge in [0.1, 0.15) is 5.75 Å². The lowest BCUT2D eigenvalue weighted by Crippen LogP contribution is -2.42. The van der Waals surface area contributed by atoms with Crippen molar-refractivity contribution in [2.45, 2.75) is 47.5 Å². The quantitative estimate of drug-likeness (QED) is 0.399. The predicted octanol–water partition coefficient (Wildman–Crippen LogP) is 4.96. The van der Waals surface area contributed by atoms with Crippen molar-refractivity contribution in [3.05, 3.63) is 53.6 Å². The monoisotopic (exact) mass is 441 g/mol.